The molecule has 2 aromatic carbocycles. The molecule has 2 aromatic rings. The summed E-state index contributed by atoms with van der Waals surface area (Å²) in [6.07, 6.45) is 1.99. The minimum atomic E-state index is -0.995. The number of ether oxygens (including phenoxy) is 1. The Bertz CT molecular complexity index is 1050. The molecule has 0 N–H and O–H groups in total. The highest BCUT2D eigenvalue weighted by Gasteiger charge is 2.37. The Labute approximate surface area is 219 Å². The van der Waals surface area contributed by atoms with Crippen LogP contribution in [-0.2, 0) is 10.2 Å². The number of para-hydroxylation sites is 1. The Morgan fingerprint density at radius 1 is 1.11 bits per heavy atom. The quantitative estimate of drug-likeness (QED) is 0.246. The molecule has 0 saturated carbocycles. The largest absolute Gasteiger partial charge is 0.542 e. The van der Waals surface area contributed by atoms with E-state index in [4.69, 9.17) is 9.16 Å². The maximum atomic E-state index is 12.1. The van der Waals surface area contributed by atoms with Crippen molar-refractivity contribution in [1.82, 2.24) is 9.80 Å². The summed E-state index contributed by atoms with van der Waals surface area (Å²) in [6.45, 7) is 22.5. The van der Waals surface area contributed by atoms with Crippen LogP contribution in [0.5, 0.6) is 5.75 Å². The van der Waals surface area contributed by atoms with Gasteiger partial charge in [-0.1, -0.05) is 57.2 Å². The molecule has 0 amide bonds. The molecule has 1 aliphatic rings. The Morgan fingerprint density at radius 2 is 1.78 bits per heavy atom. The summed E-state index contributed by atoms with van der Waals surface area (Å²) in [6, 6.07) is 15.2. The summed E-state index contributed by atoms with van der Waals surface area (Å²) in [4.78, 5) is 17.2. The molecule has 0 bridgehead atoms. The zero-order chi connectivity index (χ0) is 26.6. The molecule has 195 valence electrons. The second kappa shape index (κ2) is 11.8. The first-order valence-electron chi connectivity index (χ1n) is 12.9. The molecule has 3 atom stereocenters. The van der Waals surface area contributed by atoms with Crippen LogP contribution in [0.1, 0.15) is 67.7 Å². The lowest BCUT2D eigenvalue weighted by atomic mass is 9.83. The van der Waals surface area contributed by atoms with Crippen molar-refractivity contribution in [3.63, 3.8) is 0 Å². The third-order valence-electron chi connectivity index (χ3n) is 6.96. The van der Waals surface area contributed by atoms with Crippen molar-refractivity contribution in [2.24, 2.45) is 0 Å². The number of methoxy groups -OCH3 is 1. The molecule has 3 rings (SSSR count). The number of nitrogens with zero attached hydrogens (tertiary/aromatic N) is 2. The second-order valence-corrected chi connectivity index (χ2v) is 13.2. The van der Waals surface area contributed by atoms with Gasteiger partial charge in [0.05, 0.1) is 18.7 Å². The number of esters is 1. The molecule has 5 nitrogen and oxygen atoms in total. The smallest absolute Gasteiger partial charge is 0.337 e. The highest BCUT2D eigenvalue weighted by Crippen LogP contribution is 2.43. The fraction of sp³-hybridized carbons (Fsp3) is 0.500. The highest BCUT2D eigenvalue weighted by atomic mass is 28.3. The zero-order valence-corrected chi connectivity index (χ0v) is 24.3. The minimum absolute atomic E-state index is 0.00122. The van der Waals surface area contributed by atoms with Gasteiger partial charge in [0, 0.05) is 37.3 Å². The Kier molecular flexibility index (Phi) is 9.20. The molecule has 1 aliphatic heterocycles. The van der Waals surface area contributed by atoms with E-state index in [0.717, 1.165) is 30.9 Å². The molecule has 0 unspecified atom stereocenters. The van der Waals surface area contributed by atoms with Crippen LogP contribution in [0, 0.1) is 0 Å². The van der Waals surface area contributed by atoms with Gasteiger partial charge in [0.1, 0.15) is 5.75 Å². The van der Waals surface area contributed by atoms with E-state index in [1.165, 1.54) is 18.2 Å². The van der Waals surface area contributed by atoms with Crippen LogP contribution in [-0.4, -0.2) is 63.6 Å². The molecular weight excluding hydrogens is 464 g/mol. The number of benzene rings is 2. The van der Waals surface area contributed by atoms with Crippen LogP contribution in [0.2, 0.25) is 13.1 Å². The van der Waals surface area contributed by atoms with Gasteiger partial charge in [-0.2, -0.15) is 0 Å². The van der Waals surface area contributed by atoms with Gasteiger partial charge in [0.2, 0.25) is 0 Å². The van der Waals surface area contributed by atoms with E-state index >= 15 is 0 Å². The highest BCUT2D eigenvalue weighted by molar-refractivity contribution is 6.49. The number of carbonyl (C=O) groups is 1. The first-order chi connectivity index (χ1) is 17.0. The van der Waals surface area contributed by atoms with Crippen LogP contribution < -0.4 is 4.43 Å². The monoisotopic (exact) mass is 507 g/mol. The predicted octanol–water partition coefficient (Wildman–Crippen LogP) is 6.07. The van der Waals surface area contributed by atoms with Gasteiger partial charge >= 0.3 is 5.97 Å². The lowest BCUT2D eigenvalue weighted by Crippen LogP contribution is -2.57. The molecule has 1 heterocycles. The number of piperazine rings is 1. The van der Waals surface area contributed by atoms with Crippen molar-refractivity contribution in [2.45, 2.75) is 71.3 Å². The van der Waals surface area contributed by atoms with Crippen LogP contribution in [0.4, 0.5) is 0 Å². The lowest BCUT2D eigenvalue weighted by molar-refractivity contribution is 0.0302. The van der Waals surface area contributed by atoms with Crippen molar-refractivity contribution < 1.29 is 14.0 Å². The van der Waals surface area contributed by atoms with Gasteiger partial charge in [-0.3, -0.25) is 9.80 Å². The molecule has 6 heteroatoms. The van der Waals surface area contributed by atoms with E-state index in [9.17, 15) is 4.79 Å². The van der Waals surface area contributed by atoms with Crippen LogP contribution in [0.3, 0.4) is 0 Å². The molecule has 1 fully saturated rings. The molecule has 36 heavy (non-hydrogen) atoms. The summed E-state index contributed by atoms with van der Waals surface area (Å²) >= 11 is 0. The average molecular weight is 508 g/mol. The van der Waals surface area contributed by atoms with Crippen LogP contribution >= 0.6 is 0 Å². The van der Waals surface area contributed by atoms with Crippen LogP contribution in [0.15, 0.2) is 55.1 Å². The summed E-state index contributed by atoms with van der Waals surface area (Å²) in [5, 5.41) is 0. The van der Waals surface area contributed by atoms with E-state index in [-0.39, 0.29) is 17.4 Å². The summed E-state index contributed by atoms with van der Waals surface area (Å²) in [7, 11) is 0.423. The molecule has 1 radical (unpaired) electrons. The summed E-state index contributed by atoms with van der Waals surface area (Å²) < 4.78 is 11.6. The van der Waals surface area contributed by atoms with Crippen molar-refractivity contribution in [1.29, 1.82) is 0 Å². The minimum Gasteiger partial charge on any atom is -0.542 e. The first-order valence-corrected chi connectivity index (χ1v) is 15.3. The number of carbonyl (C=O) groups excluding carboxylic acids is 1. The number of hydrogen-bond donors (Lipinski definition) is 0. The Morgan fingerprint density at radius 3 is 2.33 bits per heavy atom. The Balaban J connectivity index is 2.19. The molecule has 1 saturated heterocycles. The normalized spacial score (nSPS) is 20.2. The molecule has 0 aliphatic carbocycles. The van der Waals surface area contributed by atoms with Crippen molar-refractivity contribution >= 4 is 15.0 Å². The fourth-order valence-electron chi connectivity index (χ4n) is 5.15. The van der Waals surface area contributed by atoms with E-state index < -0.39 is 9.04 Å². The molecule has 0 aromatic heterocycles. The van der Waals surface area contributed by atoms with Gasteiger partial charge in [-0.15, -0.1) is 6.58 Å². The van der Waals surface area contributed by atoms with Gasteiger partial charge < -0.3 is 9.16 Å². The lowest BCUT2D eigenvalue weighted by Gasteiger charge is -2.48. The predicted molar refractivity (Wildman–Crippen MR) is 150 cm³/mol. The van der Waals surface area contributed by atoms with Gasteiger partial charge in [-0.05, 0) is 55.6 Å². The van der Waals surface area contributed by atoms with E-state index in [1.54, 1.807) is 0 Å². The van der Waals surface area contributed by atoms with Gasteiger partial charge in [-0.25, -0.2) is 4.79 Å². The molecular formula is C30H43N2O3Si. The van der Waals surface area contributed by atoms with Gasteiger partial charge in [0.15, 0.2) is 0 Å². The van der Waals surface area contributed by atoms with Crippen LogP contribution in [0.25, 0.3) is 0 Å². The van der Waals surface area contributed by atoms with Gasteiger partial charge in [0.25, 0.3) is 9.04 Å². The Hall–Kier alpha value is -2.41. The second-order valence-electron chi connectivity index (χ2n) is 11.1. The topological polar surface area (TPSA) is 42.0 Å². The molecule has 0 spiro atoms. The third kappa shape index (κ3) is 6.28. The zero-order valence-electron chi connectivity index (χ0n) is 23.3. The first kappa shape index (κ1) is 28.2. The number of rotatable bonds is 8. The average Bonchev–Trinajstić information content (AvgIpc) is 2.82. The van der Waals surface area contributed by atoms with Crippen molar-refractivity contribution in [2.75, 3.05) is 26.7 Å². The third-order valence-corrected chi connectivity index (χ3v) is 7.57. The SMILES string of the molecule is C=CCN1C[C@H](C)N([C@H](c2ccc(C(=O)OC)cc2)c2cccc(C(C)(C)C)c2O[Si](C)C)C[C@H]1C. The van der Waals surface area contributed by atoms with E-state index in [2.05, 4.69) is 94.4 Å². The van der Waals surface area contributed by atoms with E-state index in [1.807, 2.05) is 18.2 Å². The summed E-state index contributed by atoms with van der Waals surface area (Å²) in [5.74, 6) is 0.695. The van der Waals surface area contributed by atoms with E-state index in [0.29, 0.717) is 17.6 Å². The number of hydrogen-bond acceptors (Lipinski definition) is 5. The maximum Gasteiger partial charge on any atom is 0.337 e. The van der Waals surface area contributed by atoms with Crippen molar-refractivity contribution in [3.05, 3.63) is 77.4 Å². The van der Waals surface area contributed by atoms with Crippen molar-refractivity contribution in [3.8, 4) is 5.75 Å². The summed E-state index contributed by atoms with van der Waals surface area (Å²) in [5.41, 5.74) is 4.08. The standard InChI is InChI=1S/C30H43N2O3Si/c1-10-18-31-19-22(3)32(20-21(31)2)27(23-14-16-24(17-15-23)29(33)34-7)25-12-11-13-26(30(4,5)6)28(25)35-36(8)9/h10-17,21-22,27H,1,18-20H2,2-9H3/t21-,22+,27-/m1/s1. The fourth-order valence-corrected chi connectivity index (χ4v) is 5.79. The maximum absolute atomic E-state index is 12.1.